The lowest BCUT2D eigenvalue weighted by atomic mass is 10.2. The highest BCUT2D eigenvalue weighted by Crippen LogP contribution is 2.24. The lowest BCUT2D eigenvalue weighted by molar-refractivity contribution is 0.588. The maximum atomic E-state index is 13.3. The Kier molecular flexibility index (Phi) is 4.34. The minimum Gasteiger partial charge on any atom is -0.329 e. The zero-order valence-corrected chi connectivity index (χ0v) is 15.7. The molecule has 0 saturated carbocycles. The number of aromatic amines is 1. The predicted octanol–water partition coefficient (Wildman–Crippen LogP) is 2.67. The van der Waals surface area contributed by atoms with Gasteiger partial charge >= 0.3 is 0 Å². The zero-order chi connectivity index (χ0) is 19.7. The zero-order valence-electron chi connectivity index (χ0n) is 14.9. The fourth-order valence-electron chi connectivity index (χ4n) is 2.82. The van der Waals surface area contributed by atoms with Crippen LogP contribution in [0.4, 0.5) is 0 Å². The second-order valence-corrected chi connectivity index (χ2v) is 8.01. The first-order valence-electron chi connectivity index (χ1n) is 8.45. The molecule has 7 heteroatoms. The second-order valence-electron chi connectivity index (χ2n) is 6.22. The van der Waals surface area contributed by atoms with Crippen molar-refractivity contribution >= 4 is 21.1 Å². The van der Waals surface area contributed by atoms with Crippen molar-refractivity contribution in [3.05, 3.63) is 94.2 Å². The number of pyridine rings is 2. The summed E-state index contributed by atoms with van der Waals surface area (Å²) >= 11 is 0. The van der Waals surface area contributed by atoms with Crippen molar-refractivity contribution < 1.29 is 8.42 Å². The van der Waals surface area contributed by atoms with Gasteiger partial charge in [0.25, 0.3) is 10.0 Å². The van der Waals surface area contributed by atoms with Crippen LogP contribution in [0.1, 0.15) is 16.8 Å². The molecular formula is C21H15N3O3S. The molecule has 138 valence electrons. The van der Waals surface area contributed by atoms with E-state index in [0.717, 1.165) is 9.54 Å². The van der Waals surface area contributed by atoms with Gasteiger partial charge in [0.2, 0.25) is 5.56 Å². The maximum Gasteiger partial charge on any atom is 0.270 e. The van der Waals surface area contributed by atoms with Crippen LogP contribution < -0.4 is 5.56 Å². The number of fused-ring (bicyclic) bond motifs is 1. The van der Waals surface area contributed by atoms with Crippen LogP contribution in [-0.2, 0) is 10.0 Å². The Morgan fingerprint density at radius 1 is 1.04 bits per heavy atom. The molecule has 0 saturated heterocycles. The van der Waals surface area contributed by atoms with E-state index < -0.39 is 10.0 Å². The third kappa shape index (κ3) is 3.21. The Morgan fingerprint density at radius 3 is 2.57 bits per heavy atom. The molecule has 0 amide bonds. The Hall–Kier alpha value is -3.63. The number of aromatic nitrogens is 3. The molecule has 3 aromatic heterocycles. The molecule has 3 heterocycles. The van der Waals surface area contributed by atoms with Gasteiger partial charge in [0.15, 0.2) is 5.65 Å². The van der Waals surface area contributed by atoms with Crippen molar-refractivity contribution in [2.75, 3.05) is 0 Å². The lowest BCUT2D eigenvalue weighted by Gasteiger charge is -2.09. The second kappa shape index (κ2) is 6.83. The van der Waals surface area contributed by atoms with Crippen LogP contribution in [0.2, 0.25) is 0 Å². The van der Waals surface area contributed by atoms with E-state index >= 15 is 0 Å². The van der Waals surface area contributed by atoms with E-state index in [9.17, 15) is 13.2 Å². The minimum atomic E-state index is -3.90. The number of nitrogens with one attached hydrogen (secondary N) is 1. The Bertz CT molecular complexity index is 1400. The third-order valence-electron chi connectivity index (χ3n) is 4.19. The molecule has 0 unspecified atom stereocenters. The van der Waals surface area contributed by atoms with E-state index in [4.69, 9.17) is 0 Å². The Balaban J connectivity index is 1.94. The van der Waals surface area contributed by atoms with Gasteiger partial charge in [0.05, 0.1) is 4.90 Å². The summed E-state index contributed by atoms with van der Waals surface area (Å²) in [5.74, 6) is 5.73. The SMILES string of the molecule is Cc1ccc(S(=O)(=O)n2c(C#Cc3cc[nH]c(=O)c3)cc3cccnc32)cc1. The van der Waals surface area contributed by atoms with Gasteiger partial charge in [-0.1, -0.05) is 23.6 Å². The summed E-state index contributed by atoms with van der Waals surface area (Å²) in [6.45, 7) is 1.89. The molecule has 0 aliphatic rings. The van der Waals surface area contributed by atoms with Gasteiger partial charge in [0.1, 0.15) is 5.69 Å². The average molecular weight is 389 g/mol. The summed E-state index contributed by atoms with van der Waals surface area (Å²) in [5.41, 5.74) is 1.75. The fourth-order valence-corrected chi connectivity index (χ4v) is 4.24. The summed E-state index contributed by atoms with van der Waals surface area (Å²) in [6, 6.07) is 14.8. The lowest BCUT2D eigenvalue weighted by Crippen LogP contribution is -2.15. The van der Waals surface area contributed by atoms with Crippen LogP contribution in [-0.4, -0.2) is 22.4 Å². The summed E-state index contributed by atoms with van der Waals surface area (Å²) in [4.78, 5) is 18.4. The molecular weight excluding hydrogens is 374 g/mol. The topological polar surface area (TPSA) is 84.8 Å². The Morgan fingerprint density at radius 2 is 1.82 bits per heavy atom. The van der Waals surface area contributed by atoms with Gasteiger partial charge in [-0.3, -0.25) is 4.79 Å². The summed E-state index contributed by atoms with van der Waals surface area (Å²) < 4.78 is 27.8. The van der Waals surface area contributed by atoms with E-state index in [-0.39, 0.29) is 16.1 Å². The molecule has 4 rings (SSSR count). The van der Waals surface area contributed by atoms with Crippen molar-refractivity contribution in [3.8, 4) is 11.8 Å². The van der Waals surface area contributed by atoms with Crippen molar-refractivity contribution in [3.63, 3.8) is 0 Å². The summed E-state index contributed by atoms with van der Waals surface area (Å²) in [6.07, 6.45) is 3.03. The van der Waals surface area contributed by atoms with Gasteiger partial charge in [-0.25, -0.2) is 17.4 Å². The molecule has 0 spiro atoms. The van der Waals surface area contributed by atoms with Gasteiger partial charge < -0.3 is 4.98 Å². The van der Waals surface area contributed by atoms with Crippen LogP contribution >= 0.6 is 0 Å². The maximum absolute atomic E-state index is 13.3. The number of benzene rings is 1. The smallest absolute Gasteiger partial charge is 0.270 e. The molecule has 4 aromatic rings. The molecule has 1 N–H and O–H groups in total. The fraction of sp³-hybridized carbons (Fsp3) is 0.0476. The van der Waals surface area contributed by atoms with E-state index in [0.29, 0.717) is 16.6 Å². The largest absolute Gasteiger partial charge is 0.329 e. The quantitative estimate of drug-likeness (QED) is 0.534. The average Bonchev–Trinajstić information content (AvgIpc) is 3.06. The molecule has 0 bridgehead atoms. The molecule has 0 radical (unpaired) electrons. The van der Waals surface area contributed by atoms with Crippen molar-refractivity contribution in [2.45, 2.75) is 11.8 Å². The standard InChI is InChI=1S/C21H15N3O3S/c1-15-4-8-19(9-5-15)28(26,27)24-18(14-17-3-2-11-23-21(17)24)7-6-16-10-12-22-20(25)13-16/h2-5,8-14H,1H3,(H,22,25). The van der Waals surface area contributed by atoms with Crippen molar-refractivity contribution in [2.24, 2.45) is 0 Å². The third-order valence-corrected chi connectivity index (χ3v) is 5.91. The highest BCUT2D eigenvalue weighted by atomic mass is 32.2. The number of aryl methyl sites for hydroxylation is 1. The molecule has 0 aliphatic carbocycles. The number of hydrogen-bond acceptors (Lipinski definition) is 4. The summed E-state index contributed by atoms with van der Waals surface area (Å²) in [5, 5.41) is 0.661. The van der Waals surface area contributed by atoms with Gasteiger partial charge in [-0.05, 0) is 49.2 Å². The van der Waals surface area contributed by atoms with Crippen LogP contribution in [0, 0.1) is 18.8 Å². The predicted molar refractivity (Wildman–Crippen MR) is 107 cm³/mol. The van der Waals surface area contributed by atoms with E-state index in [1.165, 1.54) is 18.5 Å². The van der Waals surface area contributed by atoms with Crippen molar-refractivity contribution in [1.29, 1.82) is 0 Å². The number of hydrogen-bond donors (Lipinski definition) is 1. The van der Waals surface area contributed by atoms with E-state index in [1.54, 1.807) is 48.5 Å². The highest BCUT2D eigenvalue weighted by Gasteiger charge is 2.23. The van der Waals surface area contributed by atoms with Crippen LogP contribution in [0.15, 0.2) is 76.7 Å². The van der Waals surface area contributed by atoms with Crippen LogP contribution in [0.25, 0.3) is 11.0 Å². The molecule has 0 fully saturated rings. The number of nitrogens with zero attached hydrogens (tertiary/aromatic N) is 2. The molecule has 1 aromatic carbocycles. The molecule has 0 aliphatic heterocycles. The van der Waals surface area contributed by atoms with Crippen LogP contribution in [0.5, 0.6) is 0 Å². The molecule has 6 nitrogen and oxygen atoms in total. The number of rotatable bonds is 2. The van der Waals surface area contributed by atoms with Crippen molar-refractivity contribution in [1.82, 2.24) is 13.9 Å². The Labute approximate surface area is 161 Å². The van der Waals surface area contributed by atoms with E-state index in [2.05, 4.69) is 21.8 Å². The first-order chi connectivity index (χ1) is 13.4. The van der Waals surface area contributed by atoms with Gasteiger partial charge in [0, 0.05) is 29.4 Å². The van der Waals surface area contributed by atoms with Crippen LogP contribution in [0.3, 0.4) is 0 Å². The minimum absolute atomic E-state index is 0.153. The monoisotopic (exact) mass is 389 g/mol. The summed E-state index contributed by atoms with van der Waals surface area (Å²) in [7, 11) is -3.90. The first-order valence-corrected chi connectivity index (χ1v) is 9.89. The molecule has 28 heavy (non-hydrogen) atoms. The van der Waals surface area contributed by atoms with Gasteiger partial charge in [-0.2, -0.15) is 0 Å². The van der Waals surface area contributed by atoms with Gasteiger partial charge in [-0.15, -0.1) is 0 Å². The normalized spacial score (nSPS) is 11.2. The van der Waals surface area contributed by atoms with E-state index in [1.807, 2.05) is 6.92 Å². The number of H-pyrrole nitrogens is 1. The molecule has 0 atom stereocenters. The highest BCUT2D eigenvalue weighted by molar-refractivity contribution is 7.90. The first kappa shape index (κ1) is 17.8.